The largest absolute Gasteiger partial charge is 0.481 e. The highest BCUT2D eigenvalue weighted by Crippen LogP contribution is 1.92. The van der Waals surface area contributed by atoms with E-state index in [1.54, 1.807) is 6.07 Å². The van der Waals surface area contributed by atoms with E-state index in [9.17, 15) is 9.59 Å². The monoisotopic (exact) mass is 215 g/mol. The van der Waals surface area contributed by atoms with Crippen molar-refractivity contribution in [1.29, 1.82) is 0 Å². The SMILES string of the molecule is O=C(O)CS.O=C(O)c1cccnc1. The molecule has 0 aliphatic carbocycles. The highest BCUT2D eigenvalue weighted by molar-refractivity contribution is 7.81. The minimum atomic E-state index is -0.942. The van der Waals surface area contributed by atoms with Crippen LogP contribution < -0.4 is 0 Å². The Labute approximate surface area is 85.8 Å². The number of nitrogens with zero attached hydrogens (tertiary/aromatic N) is 1. The van der Waals surface area contributed by atoms with Gasteiger partial charge in [-0.05, 0) is 12.1 Å². The summed E-state index contributed by atoms with van der Waals surface area (Å²) in [5.74, 6) is -1.91. The maximum Gasteiger partial charge on any atom is 0.337 e. The van der Waals surface area contributed by atoms with E-state index in [0.717, 1.165) is 0 Å². The first kappa shape index (κ1) is 12.4. The van der Waals surface area contributed by atoms with Gasteiger partial charge in [-0.3, -0.25) is 9.78 Å². The third-order valence-corrected chi connectivity index (χ3v) is 1.31. The summed E-state index contributed by atoms with van der Waals surface area (Å²) in [6, 6.07) is 3.08. The van der Waals surface area contributed by atoms with Gasteiger partial charge in [0.15, 0.2) is 0 Å². The zero-order valence-corrected chi connectivity index (χ0v) is 8.02. The fraction of sp³-hybridized carbons (Fsp3) is 0.125. The minimum Gasteiger partial charge on any atom is -0.481 e. The molecular formula is C8H9NO4S. The number of aromatic carboxylic acids is 1. The van der Waals surface area contributed by atoms with Gasteiger partial charge in [0.1, 0.15) is 0 Å². The Morgan fingerprint density at radius 3 is 2.21 bits per heavy atom. The van der Waals surface area contributed by atoms with Crippen LogP contribution in [0.3, 0.4) is 0 Å². The van der Waals surface area contributed by atoms with Gasteiger partial charge in [-0.15, -0.1) is 0 Å². The molecule has 0 spiro atoms. The second-order valence-electron chi connectivity index (χ2n) is 2.10. The van der Waals surface area contributed by atoms with Crippen LogP contribution in [0.5, 0.6) is 0 Å². The minimum absolute atomic E-state index is 0.0833. The molecule has 6 heteroatoms. The first-order valence-corrected chi connectivity index (χ1v) is 4.17. The Hall–Kier alpha value is -1.56. The van der Waals surface area contributed by atoms with E-state index in [4.69, 9.17) is 10.2 Å². The highest BCUT2D eigenvalue weighted by atomic mass is 32.1. The predicted molar refractivity (Wildman–Crippen MR) is 52.7 cm³/mol. The molecule has 0 fully saturated rings. The summed E-state index contributed by atoms with van der Waals surface area (Å²) in [7, 11) is 0. The first-order chi connectivity index (χ1) is 6.57. The molecule has 0 bridgehead atoms. The number of rotatable bonds is 2. The van der Waals surface area contributed by atoms with Crippen LogP contribution in [0.2, 0.25) is 0 Å². The molecule has 0 atom stereocenters. The van der Waals surface area contributed by atoms with Crippen molar-refractivity contribution in [2.24, 2.45) is 0 Å². The zero-order chi connectivity index (χ0) is 11.0. The van der Waals surface area contributed by atoms with Gasteiger partial charge in [-0.2, -0.15) is 12.6 Å². The summed E-state index contributed by atoms with van der Waals surface area (Å²) in [6.45, 7) is 0. The Morgan fingerprint density at radius 1 is 1.43 bits per heavy atom. The Bertz CT molecular complexity index is 301. The maximum atomic E-state index is 10.2. The van der Waals surface area contributed by atoms with Crippen molar-refractivity contribution in [3.63, 3.8) is 0 Å². The van der Waals surface area contributed by atoms with E-state index < -0.39 is 11.9 Å². The van der Waals surface area contributed by atoms with Crippen LogP contribution in [0.1, 0.15) is 10.4 Å². The molecular weight excluding hydrogens is 206 g/mol. The van der Waals surface area contributed by atoms with Crippen molar-refractivity contribution >= 4 is 24.6 Å². The van der Waals surface area contributed by atoms with Crippen LogP contribution in [0, 0.1) is 0 Å². The Balaban J connectivity index is 0.000000292. The summed E-state index contributed by atoms with van der Waals surface area (Å²) in [6.07, 6.45) is 2.84. The van der Waals surface area contributed by atoms with Crippen LogP contribution in [-0.4, -0.2) is 32.9 Å². The average molecular weight is 215 g/mol. The number of aliphatic carboxylic acids is 1. The molecule has 2 N–H and O–H groups in total. The van der Waals surface area contributed by atoms with E-state index in [2.05, 4.69) is 17.6 Å². The van der Waals surface area contributed by atoms with E-state index in [1.807, 2.05) is 0 Å². The fourth-order valence-corrected chi connectivity index (χ4v) is 0.489. The summed E-state index contributed by atoms with van der Waals surface area (Å²) >= 11 is 3.42. The van der Waals surface area contributed by atoms with E-state index in [-0.39, 0.29) is 11.3 Å². The molecule has 14 heavy (non-hydrogen) atoms. The number of carbonyl (C=O) groups is 2. The molecule has 0 saturated heterocycles. The lowest BCUT2D eigenvalue weighted by atomic mass is 10.3. The van der Waals surface area contributed by atoms with Gasteiger partial charge >= 0.3 is 11.9 Å². The van der Waals surface area contributed by atoms with Gasteiger partial charge in [0, 0.05) is 12.4 Å². The molecule has 1 heterocycles. The number of aromatic nitrogens is 1. The second kappa shape index (κ2) is 6.90. The number of hydrogen-bond donors (Lipinski definition) is 3. The summed E-state index contributed by atoms with van der Waals surface area (Å²) in [5.41, 5.74) is 0.220. The zero-order valence-electron chi connectivity index (χ0n) is 7.12. The van der Waals surface area contributed by atoms with Crippen molar-refractivity contribution in [1.82, 2.24) is 4.98 Å². The lowest BCUT2D eigenvalue weighted by Crippen LogP contribution is -1.94. The van der Waals surface area contributed by atoms with E-state index >= 15 is 0 Å². The van der Waals surface area contributed by atoms with Crippen LogP contribution in [0.25, 0.3) is 0 Å². The molecule has 1 aromatic rings. The van der Waals surface area contributed by atoms with Gasteiger partial charge in [0.2, 0.25) is 0 Å². The molecule has 0 unspecified atom stereocenters. The fourth-order valence-electron chi connectivity index (χ4n) is 0.489. The van der Waals surface area contributed by atoms with Gasteiger partial charge in [-0.1, -0.05) is 0 Å². The standard InChI is InChI=1S/C6H5NO2.C2H4O2S/c8-6(9)5-2-1-3-7-4-5;3-2(4)1-5/h1-4H,(H,8,9);5H,1H2,(H,3,4). The average Bonchev–Trinajstić information content (AvgIpc) is 2.20. The number of thiol groups is 1. The van der Waals surface area contributed by atoms with Crippen molar-refractivity contribution in [3.05, 3.63) is 30.1 Å². The summed E-state index contributed by atoms with van der Waals surface area (Å²) in [5, 5.41) is 16.0. The number of carboxylic acid groups (broad SMARTS) is 2. The van der Waals surface area contributed by atoms with Gasteiger partial charge in [0.05, 0.1) is 11.3 Å². The van der Waals surface area contributed by atoms with Crippen LogP contribution in [0.4, 0.5) is 0 Å². The van der Waals surface area contributed by atoms with E-state index in [0.29, 0.717) is 0 Å². The second-order valence-corrected chi connectivity index (χ2v) is 2.41. The molecule has 1 aromatic heterocycles. The highest BCUT2D eigenvalue weighted by Gasteiger charge is 1.97. The third-order valence-electron chi connectivity index (χ3n) is 1.04. The third kappa shape index (κ3) is 6.01. The summed E-state index contributed by atoms with van der Waals surface area (Å²) < 4.78 is 0. The van der Waals surface area contributed by atoms with Gasteiger partial charge in [0.25, 0.3) is 0 Å². The molecule has 0 saturated carbocycles. The predicted octanol–water partition coefficient (Wildman–Crippen LogP) is 0.781. The van der Waals surface area contributed by atoms with Gasteiger partial charge in [-0.25, -0.2) is 4.79 Å². The van der Waals surface area contributed by atoms with Crippen LogP contribution in [-0.2, 0) is 4.79 Å². The molecule has 0 radical (unpaired) electrons. The normalized spacial score (nSPS) is 8.36. The van der Waals surface area contributed by atoms with Crippen LogP contribution in [0.15, 0.2) is 24.5 Å². The Kier molecular flexibility index (Phi) is 6.13. The van der Waals surface area contributed by atoms with Crippen molar-refractivity contribution in [2.75, 3.05) is 5.75 Å². The number of hydrogen-bond acceptors (Lipinski definition) is 4. The molecule has 0 amide bonds. The van der Waals surface area contributed by atoms with Crippen molar-refractivity contribution in [3.8, 4) is 0 Å². The molecule has 0 aliphatic heterocycles. The molecule has 0 aliphatic rings. The first-order valence-electron chi connectivity index (χ1n) is 3.54. The Morgan fingerprint density at radius 2 is 2.00 bits per heavy atom. The molecule has 76 valence electrons. The van der Waals surface area contributed by atoms with Crippen molar-refractivity contribution < 1.29 is 19.8 Å². The quantitative estimate of drug-likeness (QED) is 0.634. The molecule has 0 aromatic carbocycles. The molecule has 1 rings (SSSR count). The summed E-state index contributed by atoms with van der Waals surface area (Å²) in [4.78, 5) is 23.1. The maximum absolute atomic E-state index is 10.2. The van der Waals surface area contributed by atoms with E-state index in [1.165, 1.54) is 18.5 Å². The van der Waals surface area contributed by atoms with Gasteiger partial charge < -0.3 is 10.2 Å². The number of pyridine rings is 1. The lowest BCUT2D eigenvalue weighted by Gasteiger charge is -1.87. The van der Waals surface area contributed by atoms with Crippen LogP contribution >= 0.6 is 12.6 Å². The lowest BCUT2D eigenvalue weighted by molar-refractivity contribution is -0.133. The molecule has 5 nitrogen and oxygen atoms in total. The van der Waals surface area contributed by atoms with Crippen molar-refractivity contribution in [2.45, 2.75) is 0 Å². The topological polar surface area (TPSA) is 87.5 Å². The number of carboxylic acids is 2. The smallest absolute Gasteiger partial charge is 0.337 e.